The van der Waals surface area contributed by atoms with Gasteiger partial charge in [0.15, 0.2) is 0 Å². The van der Waals surface area contributed by atoms with Gasteiger partial charge >= 0.3 is 0 Å². The molecule has 1 fully saturated rings. The lowest BCUT2D eigenvalue weighted by Gasteiger charge is -2.37. The summed E-state index contributed by atoms with van der Waals surface area (Å²) in [6.07, 6.45) is 3.90. The molecule has 1 aliphatic rings. The highest BCUT2D eigenvalue weighted by Crippen LogP contribution is 2.33. The maximum Gasteiger partial charge on any atom is 0.0642 e. The van der Waals surface area contributed by atoms with Crippen LogP contribution in [0.3, 0.4) is 0 Å². The van der Waals surface area contributed by atoms with Crippen molar-refractivity contribution in [3.63, 3.8) is 0 Å². The summed E-state index contributed by atoms with van der Waals surface area (Å²) in [4.78, 5) is 2.29. The topological polar surface area (TPSA) is 29.3 Å². The second-order valence-electron chi connectivity index (χ2n) is 4.70. The SMILES string of the molecule is C[C@H](N)c1ccc(N(C)C2CCC2)c(Cl)c1. The number of rotatable bonds is 3. The molecule has 0 heterocycles. The highest BCUT2D eigenvalue weighted by atomic mass is 35.5. The summed E-state index contributed by atoms with van der Waals surface area (Å²) in [7, 11) is 2.12. The molecule has 0 aliphatic heterocycles. The van der Waals surface area contributed by atoms with E-state index in [0.29, 0.717) is 6.04 Å². The Morgan fingerprint density at radius 1 is 1.44 bits per heavy atom. The molecule has 88 valence electrons. The molecule has 1 aromatic rings. The van der Waals surface area contributed by atoms with Crippen molar-refractivity contribution in [3.05, 3.63) is 28.8 Å². The second kappa shape index (κ2) is 4.64. The van der Waals surface area contributed by atoms with Gasteiger partial charge in [-0.15, -0.1) is 0 Å². The van der Waals surface area contributed by atoms with Crippen LogP contribution in [-0.4, -0.2) is 13.1 Å². The zero-order chi connectivity index (χ0) is 11.7. The first-order chi connectivity index (χ1) is 7.59. The first-order valence-electron chi connectivity index (χ1n) is 5.87. The van der Waals surface area contributed by atoms with Gasteiger partial charge in [0, 0.05) is 19.1 Å². The van der Waals surface area contributed by atoms with Gasteiger partial charge in [-0.1, -0.05) is 17.7 Å². The summed E-state index contributed by atoms with van der Waals surface area (Å²) in [6.45, 7) is 1.97. The maximum absolute atomic E-state index is 6.30. The average Bonchev–Trinajstić information content (AvgIpc) is 2.14. The molecule has 1 saturated carbocycles. The summed E-state index contributed by atoms with van der Waals surface area (Å²) in [5, 5.41) is 0.809. The fraction of sp³-hybridized carbons (Fsp3) is 0.538. The van der Waals surface area contributed by atoms with Crippen molar-refractivity contribution in [3.8, 4) is 0 Å². The molecule has 0 saturated heterocycles. The van der Waals surface area contributed by atoms with Gasteiger partial charge in [0.25, 0.3) is 0 Å². The first kappa shape index (κ1) is 11.7. The predicted molar refractivity (Wildman–Crippen MR) is 70.1 cm³/mol. The number of nitrogens with zero attached hydrogens (tertiary/aromatic N) is 1. The van der Waals surface area contributed by atoms with Crippen LogP contribution in [-0.2, 0) is 0 Å². The van der Waals surface area contributed by atoms with Crippen LogP contribution in [0.2, 0.25) is 5.02 Å². The minimum Gasteiger partial charge on any atom is -0.370 e. The van der Waals surface area contributed by atoms with Crippen molar-refractivity contribution >= 4 is 17.3 Å². The van der Waals surface area contributed by atoms with Gasteiger partial charge < -0.3 is 10.6 Å². The highest BCUT2D eigenvalue weighted by Gasteiger charge is 2.23. The molecule has 0 bridgehead atoms. The number of anilines is 1. The van der Waals surface area contributed by atoms with E-state index in [0.717, 1.165) is 16.3 Å². The van der Waals surface area contributed by atoms with E-state index in [9.17, 15) is 0 Å². The van der Waals surface area contributed by atoms with E-state index in [2.05, 4.69) is 24.1 Å². The minimum absolute atomic E-state index is 0.0422. The molecule has 0 amide bonds. The van der Waals surface area contributed by atoms with Crippen molar-refractivity contribution < 1.29 is 0 Å². The van der Waals surface area contributed by atoms with Crippen LogP contribution < -0.4 is 10.6 Å². The Morgan fingerprint density at radius 3 is 2.56 bits per heavy atom. The van der Waals surface area contributed by atoms with E-state index >= 15 is 0 Å². The fourth-order valence-electron chi connectivity index (χ4n) is 2.06. The van der Waals surface area contributed by atoms with Gasteiger partial charge in [-0.3, -0.25) is 0 Å². The average molecular weight is 239 g/mol. The minimum atomic E-state index is 0.0422. The molecule has 0 unspecified atom stereocenters. The Kier molecular flexibility index (Phi) is 3.41. The van der Waals surface area contributed by atoms with Crippen LogP contribution >= 0.6 is 11.6 Å². The molecular weight excluding hydrogens is 220 g/mol. The van der Waals surface area contributed by atoms with Crippen molar-refractivity contribution in [1.82, 2.24) is 0 Å². The molecule has 2 N–H and O–H groups in total. The predicted octanol–water partition coefficient (Wildman–Crippen LogP) is 3.35. The number of nitrogens with two attached hydrogens (primary N) is 1. The molecule has 0 spiro atoms. The molecule has 0 radical (unpaired) electrons. The Bertz CT molecular complexity index is 372. The smallest absolute Gasteiger partial charge is 0.0642 e. The first-order valence-corrected chi connectivity index (χ1v) is 6.25. The Labute approximate surface area is 102 Å². The third-order valence-electron chi connectivity index (χ3n) is 3.50. The molecule has 16 heavy (non-hydrogen) atoms. The molecule has 1 aliphatic carbocycles. The van der Waals surface area contributed by atoms with Crippen molar-refractivity contribution in [2.45, 2.75) is 38.3 Å². The Hall–Kier alpha value is -0.730. The van der Waals surface area contributed by atoms with Gasteiger partial charge in [-0.2, -0.15) is 0 Å². The summed E-state index contributed by atoms with van der Waals surface area (Å²) in [6, 6.07) is 6.84. The van der Waals surface area contributed by atoms with Crippen molar-refractivity contribution in [2.24, 2.45) is 5.73 Å². The Morgan fingerprint density at radius 2 is 2.12 bits per heavy atom. The van der Waals surface area contributed by atoms with Gasteiger partial charge in [0.1, 0.15) is 0 Å². The lowest BCUT2D eigenvalue weighted by atomic mass is 9.91. The van der Waals surface area contributed by atoms with Crippen molar-refractivity contribution in [2.75, 3.05) is 11.9 Å². The lowest BCUT2D eigenvalue weighted by Crippen LogP contribution is -2.37. The Balaban J connectivity index is 2.21. The monoisotopic (exact) mass is 238 g/mol. The van der Waals surface area contributed by atoms with Crippen LogP contribution in [0.1, 0.15) is 37.8 Å². The van der Waals surface area contributed by atoms with Gasteiger partial charge in [0.2, 0.25) is 0 Å². The van der Waals surface area contributed by atoms with E-state index in [1.165, 1.54) is 19.3 Å². The second-order valence-corrected chi connectivity index (χ2v) is 5.10. The van der Waals surface area contributed by atoms with Gasteiger partial charge in [-0.05, 0) is 43.9 Å². The standard InChI is InChI=1S/C13H19ClN2/c1-9(15)10-6-7-13(12(14)8-10)16(2)11-4-3-5-11/h6-9,11H,3-5,15H2,1-2H3/t9-/m0/s1. The van der Waals surface area contributed by atoms with Crippen LogP contribution in [0, 0.1) is 0 Å². The summed E-state index contributed by atoms with van der Waals surface area (Å²) in [5.74, 6) is 0. The largest absolute Gasteiger partial charge is 0.370 e. The van der Waals surface area contributed by atoms with E-state index in [-0.39, 0.29) is 6.04 Å². The summed E-state index contributed by atoms with van der Waals surface area (Å²) >= 11 is 6.30. The van der Waals surface area contributed by atoms with Gasteiger partial charge in [-0.25, -0.2) is 0 Å². The van der Waals surface area contributed by atoms with E-state index < -0.39 is 0 Å². The number of hydrogen-bond acceptors (Lipinski definition) is 2. The normalized spacial score (nSPS) is 18.0. The van der Waals surface area contributed by atoms with E-state index in [4.69, 9.17) is 17.3 Å². The molecule has 3 heteroatoms. The van der Waals surface area contributed by atoms with Crippen LogP contribution in [0.4, 0.5) is 5.69 Å². The lowest BCUT2D eigenvalue weighted by molar-refractivity contribution is 0.401. The zero-order valence-electron chi connectivity index (χ0n) is 9.91. The van der Waals surface area contributed by atoms with Crippen LogP contribution in [0.15, 0.2) is 18.2 Å². The third-order valence-corrected chi connectivity index (χ3v) is 3.80. The van der Waals surface area contributed by atoms with Crippen LogP contribution in [0.5, 0.6) is 0 Å². The molecular formula is C13H19ClN2. The maximum atomic E-state index is 6.30. The zero-order valence-corrected chi connectivity index (χ0v) is 10.7. The fourth-order valence-corrected chi connectivity index (χ4v) is 2.39. The quantitative estimate of drug-likeness (QED) is 0.875. The van der Waals surface area contributed by atoms with E-state index in [1.54, 1.807) is 0 Å². The number of benzene rings is 1. The molecule has 2 rings (SSSR count). The summed E-state index contributed by atoms with van der Waals surface area (Å²) < 4.78 is 0. The third kappa shape index (κ3) is 2.18. The highest BCUT2D eigenvalue weighted by molar-refractivity contribution is 6.33. The summed E-state index contributed by atoms with van der Waals surface area (Å²) in [5.41, 5.74) is 8.05. The van der Waals surface area contributed by atoms with Crippen LogP contribution in [0.25, 0.3) is 0 Å². The van der Waals surface area contributed by atoms with Gasteiger partial charge in [0.05, 0.1) is 10.7 Å². The van der Waals surface area contributed by atoms with E-state index in [1.807, 2.05) is 13.0 Å². The molecule has 1 atom stereocenters. The molecule has 1 aromatic carbocycles. The molecule has 0 aromatic heterocycles. The number of halogens is 1. The number of hydrogen-bond donors (Lipinski definition) is 1. The van der Waals surface area contributed by atoms with Crippen molar-refractivity contribution in [1.29, 1.82) is 0 Å². The molecule has 2 nitrogen and oxygen atoms in total.